The Bertz CT molecular complexity index is 333. The lowest BCUT2D eigenvalue weighted by Crippen LogP contribution is -1.99. The predicted molar refractivity (Wildman–Crippen MR) is 47.0 cm³/mol. The van der Waals surface area contributed by atoms with E-state index in [0.29, 0.717) is 6.61 Å². The van der Waals surface area contributed by atoms with Crippen molar-refractivity contribution in [1.82, 2.24) is 0 Å². The molecule has 1 aromatic rings. The van der Waals surface area contributed by atoms with Gasteiger partial charge >= 0.3 is 5.51 Å². The average Bonchev–Trinajstić information content (AvgIpc) is 2.83. The van der Waals surface area contributed by atoms with E-state index in [-0.39, 0.29) is 22.8 Å². The Morgan fingerprint density at radius 3 is 2.64 bits per heavy atom. The molecule has 1 nitrogen and oxygen atoms in total. The fourth-order valence-electron chi connectivity index (χ4n) is 1.15. The average molecular weight is 220 g/mol. The van der Waals surface area contributed by atoms with Gasteiger partial charge in [-0.3, -0.25) is 0 Å². The van der Waals surface area contributed by atoms with E-state index in [1.165, 1.54) is 12.1 Å². The summed E-state index contributed by atoms with van der Waals surface area (Å²) in [7, 11) is 0. The predicted octanol–water partition coefficient (Wildman–Crippen LogP) is 3.37. The monoisotopic (exact) mass is 220 g/mol. The maximum Gasteiger partial charge on any atom is 0.446 e. The largest absolute Gasteiger partial charge is 0.446 e. The first-order valence-corrected chi connectivity index (χ1v) is 4.83. The number of halogens is 3. The topological polar surface area (TPSA) is 12.5 Å². The van der Waals surface area contributed by atoms with Crippen LogP contribution in [0.25, 0.3) is 0 Å². The van der Waals surface area contributed by atoms with Gasteiger partial charge in [0, 0.05) is 4.90 Å². The Labute approximate surface area is 83.3 Å². The second-order valence-corrected chi connectivity index (χ2v) is 4.08. The van der Waals surface area contributed by atoms with E-state index in [1.54, 1.807) is 12.1 Å². The third kappa shape index (κ3) is 2.65. The van der Waals surface area contributed by atoms with E-state index in [1.807, 2.05) is 0 Å². The molecule has 0 aliphatic carbocycles. The summed E-state index contributed by atoms with van der Waals surface area (Å²) < 4.78 is 41.1. The highest BCUT2D eigenvalue weighted by Crippen LogP contribution is 2.39. The lowest BCUT2D eigenvalue weighted by Gasteiger charge is -2.06. The fourth-order valence-corrected chi connectivity index (χ4v) is 1.76. The van der Waals surface area contributed by atoms with Crippen LogP contribution in [0, 0.1) is 0 Å². The van der Waals surface area contributed by atoms with Crippen LogP contribution >= 0.6 is 11.8 Å². The van der Waals surface area contributed by atoms with Crippen LogP contribution in [0.3, 0.4) is 0 Å². The quantitative estimate of drug-likeness (QED) is 0.559. The van der Waals surface area contributed by atoms with Crippen LogP contribution in [0.1, 0.15) is 11.7 Å². The van der Waals surface area contributed by atoms with Crippen molar-refractivity contribution in [2.75, 3.05) is 6.61 Å². The number of ether oxygens (including phenoxy) is 1. The van der Waals surface area contributed by atoms with Crippen molar-refractivity contribution in [1.29, 1.82) is 0 Å². The van der Waals surface area contributed by atoms with Gasteiger partial charge in [-0.05, 0) is 29.5 Å². The van der Waals surface area contributed by atoms with E-state index in [4.69, 9.17) is 4.74 Å². The van der Waals surface area contributed by atoms with Gasteiger partial charge in [-0.1, -0.05) is 12.1 Å². The Kier molecular flexibility index (Phi) is 2.45. The lowest BCUT2D eigenvalue weighted by atomic mass is 10.2. The lowest BCUT2D eigenvalue weighted by molar-refractivity contribution is -0.0328. The van der Waals surface area contributed by atoms with E-state index < -0.39 is 5.51 Å². The van der Waals surface area contributed by atoms with Gasteiger partial charge in [0.1, 0.15) is 6.10 Å². The molecular formula is C9H7F3OS. The van der Waals surface area contributed by atoms with Crippen LogP contribution in [-0.2, 0) is 4.74 Å². The van der Waals surface area contributed by atoms with E-state index in [2.05, 4.69) is 0 Å². The third-order valence-corrected chi connectivity index (χ3v) is 2.52. The molecule has 0 spiro atoms. The molecule has 1 unspecified atom stereocenters. The van der Waals surface area contributed by atoms with Crippen LogP contribution in [-0.4, -0.2) is 12.1 Å². The molecule has 1 aromatic carbocycles. The van der Waals surface area contributed by atoms with Gasteiger partial charge in [0.2, 0.25) is 0 Å². The minimum atomic E-state index is -4.22. The number of alkyl halides is 3. The number of hydrogen-bond acceptors (Lipinski definition) is 2. The van der Waals surface area contributed by atoms with Crippen LogP contribution in [0.15, 0.2) is 29.2 Å². The number of rotatable bonds is 2. The number of epoxide rings is 1. The molecular weight excluding hydrogens is 213 g/mol. The fraction of sp³-hybridized carbons (Fsp3) is 0.333. The molecule has 1 atom stereocenters. The van der Waals surface area contributed by atoms with Crippen LogP contribution in [0.5, 0.6) is 0 Å². The molecule has 0 saturated carbocycles. The van der Waals surface area contributed by atoms with Crippen molar-refractivity contribution in [3.8, 4) is 0 Å². The molecule has 14 heavy (non-hydrogen) atoms. The molecule has 1 heterocycles. The highest BCUT2D eigenvalue weighted by molar-refractivity contribution is 8.00. The molecule has 1 saturated heterocycles. The van der Waals surface area contributed by atoms with Crippen molar-refractivity contribution in [2.45, 2.75) is 16.5 Å². The van der Waals surface area contributed by atoms with E-state index in [0.717, 1.165) is 5.56 Å². The number of benzene rings is 1. The SMILES string of the molecule is FC(F)(F)Sc1cccc(C2CO2)c1. The minimum Gasteiger partial charge on any atom is -0.368 e. The Morgan fingerprint density at radius 1 is 1.36 bits per heavy atom. The summed E-state index contributed by atoms with van der Waals surface area (Å²) in [6.07, 6.45) is 0.00350. The molecule has 0 amide bonds. The van der Waals surface area contributed by atoms with Gasteiger partial charge in [-0.25, -0.2) is 0 Å². The zero-order valence-electron chi connectivity index (χ0n) is 7.04. The van der Waals surface area contributed by atoms with E-state index in [9.17, 15) is 13.2 Å². The molecule has 1 fully saturated rings. The normalized spacial score (nSPS) is 20.9. The molecule has 0 bridgehead atoms. The maximum atomic E-state index is 12.0. The minimum absolute atomic E-state index is 0.00350. The first-order valence-electron chi connectivity index (χ1n) is 4.02. The molecule has 2 rings (SSSR count). The van der Waals surface area contributed by atoms with Gasteiger partial charge in [0.15, 0.2) is 0 Å². The standard InChI is InChI=1S/C9H7F3OS/c10-9(11,12)14-7-3-1-2-6(4-7)8-5-13-8/h1-4,8H,5H2. The van der Waals surface area contributed by atoms with Gasteiger partial charge in [0.05, 0.1) is 6.61 Å². The van der Waals surface area contributed by atoms with Gasteiger partial charge in [0.25, 0.3) is 0 Å². The van der Waals surface area contributed by atoms with Crippen LogP contribution in [0.4, 0.5) is 13.2 Å². The highest BCUT2D eigenvalue weighted by Gasteiger charge is 2.30. The molecule has 76 valence electrons. The van der Waals surface area contributed by atoms with Crippen molar-refractivity contribution in [2.24, 2.45) is 0 Å². The first kappa shape index (κ1) is 9.86. The third-order valence-electron chi connectivity index (χ3n) is 1.80. The molecule has 1 aliphatic heterocycles. The molecule has 0 radical (unpaired) electrons. The second kappa shape index (κ2) is 3.47. The van der Waals surface area contributed by atoms with Crippen molar-refractivity contribution in [3.05, 3.63) is 29.8 Å². The summed E-state index contributed by atoms with van der Waals surface area (Å²) in [5.41, 5.74) is -3.40. The summed E-state index contributed by atoms with van der Waals surface area (Å²) in [6, 6.07) is 6.36. The van der Waals surface area contributed by atoms with Gasteiger partial charge in [-0.15, -0.1) is 0 Å². The Balaban J connectivity index is 2.13. The first-order chi connectivity index (χ1) is 6.54. The second-order valence-electron chi connectivity index (χ2n) is 2.94. The zero-order chi connectivity index (χ0) is 10.2. The zero-order valence-corrected chi connectivity index (χ0v) is 7.86. The summed E-state index contributed by atoms with van der Waals surface area (Å²) in [5, 5.41) is 0. The number of hydrogen-bond donors (Lipinski definition) is 0. The van der Waals surface area contributed by atoms with Gasteiger partial charge in [-0.2, -0.15) is 13.2 Å². The van der Waals surface area contributed by atoms with Crippen molar-refractivity contribution >= 4 is 11.8 Å². The molecule has 5 heteroatoms. The highest BCUT2D eigenvalue weighted by atomic mass is 32.2. The summed E-state index contributed by atoms with van der Waals surface area (Å²) in [4.78, 5) is 0.213. The van der Waals surface area contributed by atoms with Gasteiger partial charge < -0.3 is 4.74 Å². The smallest absolute Gasteiger partial charge is 0.368 e. The summed E-state index contributed by atoms with van der Waals surface area (Å²) in [6.45, 7) is 0.611. The van der Waals surface area contributed by atoms with Crippen LogP contribution < -0.4 is 0 Å². The van der Waals surface area contributed by atoms with Crippen molar-refractivity contribution in [3.63, 3.8) is 0 Å². The molecule has 1 aliphatic rings. The van der Waals surface area contributed by atoms with E-state index >= 15 is 0 Å². The van der Waals surface area contributed by atoms with Crippen LogP contribution in [0.2, 0.25) is 0 Å². The summed E-state index contributed by atoms with van der Waals surface area (Å²) in [5.74, 6) is 0. The Hall–Kier alpha value is -0.680. The Morgan fingerprint density at radius 2 is 2.07 bits per heavy atom. The number of thioether (sulfide) groups is 1. The van der Waals surface area contributed by atoms with Crippen molar-refractivity contribution < 1.29 is 17.9 Å². The molecule has 0 N–H and O–H groups in total. The molecule has 0 aromatic heterocycles. The maximum absolute atomic E-state index is 12.0. The summed E-state index contributed by atoms with van der Waals surface area (Å²) >= 11 is -0.0955.